The zero-order valence-electron chi connectivity index (χ0n) is 17.5. The number of thioether (sulfide) groups is 1. The normalized spacial score (nSPS) is 11.2. The SMILES string of the molecule is OCc1cnc(SCc2c(F)cccc2F)n1CCC(c1ccccc1)c1ccccc1. The molecule has 0 aliphatic heterocycles. The first kappa shape index (κ1) is 22.2. The molecular formula is C26H24F2N2OS. The predicted octanol–water partition coefficient (Wildman–Crippen LogP) is 6.17. The Balaban J connectivity index is 1.56. The molecule has 1 aromatic heterocycles. The zero-order valence-corrected chi connectivity index (χ0v) is 18.3. The molecule has 0 radical (unpaired) electrons. The summed E-state index contributed by atoms with van der Waals surface area (Å²) < 4.78 is 30.0. The van der Waals surface area contributed by atoms with E-state index >= 15 is 0 Å². The van der Waals surface area contributed by atoms with Crippen LogP contribution in [0, 0.1) is 11.6 Å². The minimum Gasteiger partial charge on any atom is -0.390 e. The maximum atomic E-state index is 14.0. The third-order valence-corrected chi connectivity index (χ3v) is 6.53. The zero-order chi connectivity index (χ0) is 22.3. The first-order chi connectivity index (χ1) is 15.7. The van der Waals surface area contributed by atoms with Crippen molar-refractivity contribution in [1.29, 1.82) is 0 Å². The minimum atomic E-state index is -0.564. The van der Waals surface area contributed by atoms with Crippen molar-refractivity contribution in [2.75, 3.05) is 0 Å². The topological polar surface area (TPSA) is 38.1 Å². The molecule has 4 rings (SSSR count). The van der Waals surface area contributed by atoms with Gasteiger partial charge >= 0.3 is 0 Å². The molecule has 0 unspecified atom stereocenters. The Morgan fingerprint density at radius 3 is 2.00 bits per heavy atom. The third kappa shape index (κ3) is 5.09. The van der Waals surface area contributed by atoms with Crippen molar-refractivity contribution in [3.8, 4) is 0 Å². The second-order valence-electron chi connectivity index (χ2n) is 7.49. The molecule has 4 aromatic rings. The van der Waals surface area contributed by atoms with Crippen LogP contribution >= 0.6 is 11.8 Å². The van der Waals surface area contributed by atoms with Crippen molar-refractivity contribution in [1.82, 2.24) is 9.55 Å². The number of imidazole rings is 1. The van der Waals surface area contributed by atoms with E-state index < -0.39 is 11.6 Å². The fraction of sp³-hybridized carbons (Fsp3) is 0.192. The summed E-state index contributed by atoms with van der Waals surface area (Å²) in [5, 5.41) is 10.5. The second kappa shape index (κ2) is 10.6. The first-order valence-corrected chi connectivity index (χ1v) is 11.5. The maximum absolute atomic E-state index is 14.0. The molecule has 164 valence electrons. The summed E-state index contributed by atoms with van der Waals surface area (Å²) in [6.07, 6.45) is 2.42. The number of benzene rings is 3. The number of rotatable bonds is 9. The highest BCUT2D eigenvalue weighted by Gasteiger charge is 2.18. The molecule has 1 heterocycles. The van der Waals surface area contributed by atoms with Crippen molar-refractivity contribution in [2.24, 2.45) is 0 Å². The average Bonchev–Trinajstić information content (AvgIpc) is 3.22. The van der Waals surface area contributed by atoms with Gasteiger partial charge in [-0.25, -0.2) is 13.8 Å². The third-order valence-electron chi connectivity index (χ3n) is 5.52. The summed E-state index contributed by atoms with van der Waals surface area (Å²) in [4.78, 5) is 4.41. The molecule has 0 atom stereocenters. The van der Waals surface area contributed by atoms with Crippen LogP contribution in [0.5, 0.6) is 0 Å². The van der Waals surface area contributed by atoms with E-state index in [1.165, 1.54) is 41.1 Å². The highest BCUT2D eigenvalue weighted by atomic mass is 32.2. The Kier molecular flexibility index (Phi) is 7.35. The van der Waals surface area contributed by atoms with Gasteiger partial charge in [-0.2, -0.15) is 0 Å². The van der Waals surface area contributed by atoms with Crippen LogP contribution in [-0.2, 0) is 18.9 Å². The first-order valence-electron chi connectivity index (χ1n) is 10.5. The Bertz CT molecular complexity index is 1090. The van der Waals surface area contributed by atoms with Gasteiger partial charge in [0, 0.05) is 23.8 Å². The van der Waals surface area contributed by atoms with Gasteiger partial charge in [0.15, 0.2) is 5.16 Å². The van der Waals surface area contributed by atoms with Crippen molar-refractivity contribution < 1.29 is 13.9 Å². The molecule has 0 aliphatic carbocycles. The van der Waals surface area contributed by atoms with E-state index in [0.717, 1.165) is 6.42 Å². The summed E-state index contributed by atoms with van der Waals surface area (Å²) in [5.41, 5.74) is 3.14. The fourth-order valence-corrected chi connectivity index (χ4v) is 4.88. The Labute approximate surface area is 190 Å². The van der Waals surface area contributed by atoms with E-state index in [9.17, 15) is 13.9 Å². The lowest BCUT2D eigenvalue weighted by molar-refractivity contribution is 0.268. The largest absolute Gasteiger partial charge is 0.390 e. The van der Waals surface area contributed by atoms with Crippen molar-refractivity contribution >= 4 is 11.8 Å². The van der Waals surface area contributed by atoms with Gasteiger partial charge in [-0.1, -0.05) is 78.5 Å². The molecule has 0 saturated carbocycles. The number of nitrogens with zero attached hydrogens (tertiary/aromatic N) is 2. The van der Waals surface area contributed by atoms with Gasteiger partial charge < -0.3 is 9.67 Å². The van der Waals surface area contributed by atoms with E-state index in [1.54, 1.807) is 6.20 Å². The summed E-state index contributed by atoms with van der Waals surface area (Å²) in [6.45, 7) is 0.468. The lowest BCUT2D eigenvalue weighted by atomic mass is 9.88. The number of hydrogen-bond acceptors (Lipinski definition) is 3. The molecule has 1 N–H and O–H groups in total. The molecule has 0 bridgehead atoms. The molecule has 0 aliphatic rings. The summed E-state index contributed by atoms with van der Waals surface area (Å²) in [5.74, 6) is -0.827. The van der Waals surface area contributed by atoms with Crippen LogP contribution in [-0.4, -0.2) is 14.7 Å². The Morgan fingerprint density at radius 2 is 1.44 bits per heavy atom. The summed E-state index contributed by atoms with van der Waals surface area (Å²) in [6, 6.07) is 24.5. The van der Waals surface area contributed by atoms with E-state index in [2.05, 4.69) is 29.2 Å². The van der Waals surface area contributed by atoms with Gasteiger partial charge in [-0.15, -0.1) is 0 Å². The van der Waals surface area contributed by atoms with Gasteiger partial charge in [-0.05, 0) is 29.7 Å². The van der Waals surface area contributed by atoms with Gasteiger partial charge in [0.1, 0.15) is 11.6 Å². The van der Waals surface area contributed by atoms with Crippen molar-refractivity contribution in [3.05, 3.63) is 119 Å². The standard InChI is InChI=1S/C26H24F2N2OS/c27-24-12-7-13-25(28)23(24)18-32-26-29-16-21(17-31)30(26)15-14-22(19-8-3-1-4-9-19)20-10-5-2-6-11-20/h1-13,16,22,31H,14-15,17-18H2. The molecule has 0 fully saturated rings. The lowest BCUT2D eigenvalue weighted by Gasteiger charge is -2.20. The van der Waals surface area contributed by atoms with E-state index in [1.807, 2.05) is 41.0 Å². The average molecular weight is 451 g/mol. The van der Waals surface area contributed by atoms with Crippen LogP contribution in [0.1, 0.15) is 34.7 Å². The van der Waals surface area contributed by atoms with E-state index in [0.29, 0.717) is 17.4 Å². The molecular weight excluding hydrogens is 426 g/mol. The van der Waals surface area contributed by atoms with Crippen LogP contribution < -0.4 is 0 Å². The monoisotopic (exact) mass is 450 g/mol. The van der Waals surface area contributed by atoms with Crippen LogP contribution in [0.25, 0.3) is 0 Å². The quantitative estimate of drug-likeness (QED) is 0.310. The van der Waals surface area contributed by atoms with Crippen LogP contribution in [0.2, 0.25) is 0 Å². The van der Waals surface area contributed by atoms with Crippen molar-refractivity contribution in [3.63, 3.8) is 0 Å². The molecule has 3 nitrogen and oxygen atoms in total. The molecule has 0 saturated heterocycles. The summed E-state index contributed by atoms with van der Waals surface area (Å²) in [7, 11) is 0. The van der Waals surface area contributed by atoms with Crippen LogP contribution in [0.15, 0.2) is 90.2 Å². The number of aliphatic hydroxyl groups is 1. The van der Waals surface area contributed by atoms with E-state index in [-0.39, 0.29) is 23.8 Å². The minimum absolute atomic E-state index is 0.0315. The Hall–Kier alpha value is -2.96. The van der Waals surface area contributed by atoms with Gasteiger partial charge in [0.25, 0.3) is 0 Å². The highest BCUT2D eigenvalue weighted by Crippen LogP contribution is 2.31. The summed E-state index contributed by atoms with van der Waals surface area (Å²) >= 11 is 1.27. The predicted molar refractivity (Wildman–Crippen MR) is 123 cm³/mol. The lowest BCUT2D eigenvalue weighted by Crippen LogP contribution is -2.10. The molecule has 0 amide bonds. The second-order valence-corrected chi connectivity index (χ2v) is 8.44. The van der Waals surface area contributed by atoms with Gasteiger partial charge in [0.2, 0.25) is 0 Å². The number of halogens is 2. The number of aliphatic hydroxyl groups excluding tert-OH is 1. The van der Waals surface area contributed by atoms with Gasteiger partial charge in [0.05, 0.1) is 18.5 Å². The number of hydrogen-bond donors (Lipinski definition) is 1. The van der Waals surface area contributed by atoms with Crippen molar-refractivity contribution in [2.45, 2.75) is 36.4 Å². The van der Waals surface area contributed by atoms with E-state index in [4.69, 9.17) is 0 Å². The fourth-order valence-electron chi connectivity index (χ4n) is 3.83. The van der Waals surface area contributed by atoms with Gasteiger partial charge in [-0.3, -0.25) is 0 Å². The molecule has 3 aromatic carbocycles. The molecule has 6 heteroatoms. The van der Waals surface area contributed by atoms with Crippen LogP contribution in [0.4, 0.5) is 8.78 Å². The molecule has 0 spiro atoms. The smallest absolute Gasteiger partial charge is 0.168 e. The molecule has 32 heavy (non-hydrogen) atoms. The Morgan fingerprint density at radius 1 is 0.844 bits per heavy atom. The van der Waals surface area contributed by atoms with Crippen LogP contribution in [0.3, 0.4) is 0 Å². The number of aromatic nitrogens is 2. The highest BCUT2D eigenvalue weighted by molar-refractivity contribution is 7.98. The maximum Gasteiger partial charge on any atom is 0.168 e.